The Morgan fingerprint density at radius 1 is 1.17 bits per heavy atom. The molecule has 0 bridgehead atoms. The number of aryl methyl sites for hydroxylation is 1. The predicted molar refractivity (Wildman–Crippen MR) is 142 cm³/mol. The quantitative estimate of drug-likeness (QED) is 0.473. The van der Waals surface area contributed by atoms with Gasteiger partial charge in [0.25, 0.3) is 0 Å². The lowest BCUT2D eigenvalue weighted by molar-refractivity contribution is 0.310. The summed E-state index contributed by atoms with van der Waals surface area (Å²) in [6.45, 7) is 8.09. The zero-order valence-corrected chi connectivity index (χ0v) is 22.3. The van der Waals surface area contributed by atoms with Crippen molar-refractivity contribution in [3.63, 3.8) is 0 Å². The summed E-state index contributed by atoms with van der Waals surface area (Å²) < 4.78 is 32.8. The van der Waals surface area contributed by atoms with Gasteiger partial charge in [-0.3, -0.25) is 4.72 Å². The highest BCUT2D eigenvalue weighted by Gasteiger charge is 2.30. The van der Waals surface area contributed by atoms with Crippen LogP contribution in [-0.4, -0.2) is 42.3 Å². The molecule has 0 atom stereocenters. The SMILES string of the molecule is CCS(=O)(=O)Nc1cc(-c2ccc3c(c2)CN(c2ncnc4c2CC(C)(C)CC4)CCO3)cnc1Cl. The predicted octanol–water partition coefficient (Wildman–Crippen LogP) is 4.87. The molecule has 0 saturated carbocycles. The fraction of sp³-hybridized carbons (Fsp3) is 0.423. The maximum Gasteiger partial charge on any atom is 0.232 e. The number of halogens is 1. The number of benzene rings is 1. The lowest BCUT2D eigenvalue weighted by Crippen LogP contribution is -2.31. The summed E-state index contributed by atoms with van der Waals surface area (Å²) in [5.41, 5.74) is 5.55. The highest BCUT2D eigenvalue weighted by atomic mass is 35.5. The molecule has 1 aliphatic carbocycles. The van der Waals surface area contributed by atoms with Crippen molar-refractivity contribution in [2.75, 3.05) is 28.5 Å². The van der Waals surface area contributed by atoms with Gasteiger partial charge in [-0.2, -0.15) is 0 Å². The Hall–Kier alpha value is -2.91. The minimum atomic E-state index is -3.48. The van der Waals surface area contributed by atoms with E-state index in [0.717, 1.165) is 59.8 Å². The molecule has 190 valence electrons. The van der Waals surface area contributed by atoms with Crippen molar-refractivity contribution < 1.29 is 13.2 Å². The molecule has 10 heteroatoms. The summed E-state index contributed by atoms with van der Waals surface area (Å²) in [5.74, 6) is 1.76. The Balaban J connectivity index is 1.48. The van der Waals surface area contributed by atoms with Gasteiger partial charge in [0.2, 0.25) is 10.0 Å². The van der Waals surface area contributed by atoms with E-state index < -0.39 is 10.0 Å². The zero-order valence-electron chi connectivity index (χ0n) is 20.7. The lowest BCUT2D eigenvalue weighted by atomic mass is 9.76. The first-order chi connectivity index (χ1) is 17.1. The second kappa shape index (κ2) is 9.52. The van der Waals surface area contributed by atoms with Crippen LogP contribution in [0.5, 0.6) is 5.75 Å². The molecule has 1 aromatic carbocycles. The van der Waals surface area contributed by atoms with Crippen molar-refractivity contribution in [3.05, 3.63) is 58.8 Å². The van der Waals surface area contributed by atoms with E-state index in [1.54, 1.807) is 25.5 Å². The van der Waals surface area contributed by atoms with Gasteiger partial charge in [0.15, 0.2) is 5.15 Å². The Bertz CT molecular complexity index is 1410. The Morgan fingerprint density at radius 3 is 2.81 bits per heavy atom. The second-order valence-electron chi connectivity index (χ2n) is 10.1. The van der Waals surface area contributed by atoms with Crippen LogP contribution in [-0.2, 0) is 29.4 Å². The summed E-state index contributed by atoms with van der Waals surface area (Å²) in [4.78, 5) is 15.8. The molecule has 0 fully saturated rings. The van der Waals surface area contributed by atoms with Crippen molar-refractivity contribution in [2.24, 2.45) is 5.41 Å². The number of anilines is 2. The molecule has 0 unspecified atom stereocenters. The molecular weight excluding hydrogens is 498 g/mol. The van der Waals surface area contributed by atoms with E-state index in [-0.39, 0.29) is 22.0 Å². The Labute approximate surface area is 217 Å². The number of nitrogens with zero attached hydrogens (tertiary/aromatic N) is 4. The molecule has 0 amide bonds. The van der Waals surface area contributed by atoms with Crippen LogP contribution >= 0.6 is 11.6 Å². The smallest absolute Gasteiger partial charge is 0.232 e. The van der Waals surface area contributed by atoms with Crippen molar-refractivity contribution in [1.29, 1.82) is 0 Å². The maximum absolute atomic E-state index is 12.1. The molecule has 3 heterocycles. The van der Waals surface area contributed by atoms with Crippen molar-refractivity contribution >= 4 is 33.1 Å². The van der Waals surface area contributed by atoms with E-state index in [9.17, 15) is 8.42 Å². The first kappa shape index (κ1) is 24.8. The molecule has 0 radical (unpaired) electrons. The molecule has 36 heavy (non-hydrogen) atoms. The number of hydrogen-bond acceptors (Lipinski definition) is 7. The fourth-order valence-electron chi connectivity index (χ4n) is 4.80. The number of fused-ring (bicyclic) bond motifs is 2. The molecule has 8 nitrogen and oxygen atoms in total. The number of sulfonamides is 1. The van der Waals surface area contributed by atoms with E-state index in [0.29, 0.717) is 13.2 Å². The highest BCUT2D eigenvalue weighted by molar-refractivity contribution is 7.92. The van der Waals surface area contributed by atoms with Crippen LogP contribution in [0.1, 0.15) is 44.0 Å². The molecule has 2 aliphatic rings. The van der Waals surface area contributed by atoms with Crippen LogP contribution in [0.2, 0.25) is 5.15 Å². The first-order valence-electron chi connectivity index (χ1n) is 12.1. The highest BCUT2D eigenvalue weighted by Crippen LogP contribution is 2.39. The lowest BCUT2D eigenvalue weighted by Gasteiger charge is -2.33. The molecule has 2 aromatic heterocycles. The largest absolute Gasteiger partial charge is 0.491 e. The maximum atomic E-state index is 12.1. The molecule has 1 aliphatic heterocycles. The minimum Gasteiger partial charge on any atom is -0.491 e. The van der Waals surface area contributed by atoms with Gasteiger partial charge in [-0.15, -0.1) is 0 Å². The molecular formula is C26H30ClN5O3S. The third-order valence-electron chi connectivity index (χ3n) is 6.86. The first-order valence-corrected chi connectivity index (χ1v) is 14.2. The third-order valence-corrected chi connectivity index (χ3v) is 8.46. The van der Waals surface area contributed by atoms with Gasteiger partial charge in [0.1, 0.15) is 24.5 Å². The number of rotatable bonds is 5. The van der Waals surface area contributed by atoms with Crippen LogP contribution in [0.25, 0.3) is 11.1 Å². The molecule has 0 saturated heterocycles. The number of aromatic nitrogens is 3. The second-order valence-corrected chi connectivity index (χ2v) is 12.5. The van der Waals surface area contributed by atoms with Gasteiger partial charge in [-0.05, 0) is 55.4 Å². The van der Waals surface area contributed by atoms with E-state index in [1.165, 1.54) is 5.56 Å². The van der Waals surface area contributed by atoms with Crippen molar-refractivity contribution in [2.45, 2.75) is 46.6 Å². The zero-order chi connectivity index (χ0) is 25.5. The summed E-state index contributed by atoms with van der Waals surface area (Å²) >= 11 is 6.17. The number of ether oxygens (including phenoxy) is 1. The number of nitrogens with one attached hydrogen (secondary N) is 1. The monoisotopic (exact) mass is 527 g/mol. The summed E-state index contributed by atoms with van der Waals surface area (Å²) in [7, 11) is -3.48. The van der Waals surface area contributed by atoms with Crippen molar-refractivity contribution in [3.8, 4) is 16.9 Å². The summed E-state index contributed by atoms with van der Waals surface area (Å²) in [6.07, 6.45) is 6.36. The van der Waals surface area contributed by atoms with E-state index in [2.05, 4.69) is 39.5 Å². The summed E-state index contributed by atoms with van der Waals surface area (Å²) in [6, 6.07) is 7.68. The van der Waals surface area contributed by atoms with Gasteiger partial charge in [0.05, 0.1) is 18.0 Å². The van der Waals surface area contributed by atoms with Gasteiger partial charge in [-0.25, -0.2) is 23.4 Å². The van der Waals surface area contributed by atoms with Crippen molar-refractivity contribution in [1.82, 2.24) is 15.0 Å². The summed E-state index contributed by atoms with van der Waals surface area (Å²) in [5, 5.41) is 0.108. The van der Waals surface area contributed by atoms with E-state index in [4.69, 9.17) is 21.3 Å². The average Bonchev–Trinajstić information content (AvgIpc) is 3.06. The van der Waals surface area contributed by atoms with Crippen LogP contribution in [0.4, 0.5) is 11.5 Å². The topological polar surface area (TPSA) is 97.3 Å². The van der Waals surface area contributed by atoms with E-state index in [1.807, 2.05) is 12.1 Å². The number of pyridine rings is 1. The average molecular weight is 528 g/mol. The normalized spacial score (nSPS) is 16.9. The Kier molecular flexibility index (Phi) is 6.55. The molecule has 1 N–H and O–H groups in total. The van der Waals surface area contributed by atoms with Crippen LogP contribution in [0.3, 0.4) is 0 Å². The minimum absolute atomic E-state index is 0.0521. The van der Waals surface area contributed by atoms with Crippen LogP contribution in [0, 0.1) is 5.41 Å². The Morgan fingerprint density at radius 2 is 2.00 bits per heavy atom. The van der Waals surface area contributed by atoms with E-state index >= 15 is 0 Å². The van der Waals surface area contributed by atoms with Gasteiger partial charge >= 0.3 is 0 Å². The fourth-order valence-corrected chi connectivity index (χ4v) is 5.64. The van der Waals surface area contributed by atoms with Gasteiger partial charge in [-0.1, -0.05) is 31.5 Å². The molecule has 0 spiro atoms. The van der Waals surface area contributed by atoms with Crippen LogP contribution < -0.4 is 14.4 Å². The number of hydrogen-bond donors (Lipinski definition) is 1. The molecule has 3 aromatic rings. The van der Waals surface area contributed by atoms with Gasteiger partial charge in [0, 0.05) is 35.1 Å². The molecule has 5 rings (SSSR count). The standard InChI is InChI=1S/C26H30ClN5O3S/c1-4-36(33,34)31-22-12-18(14-28-24(22)27)17-5-6-23-19(11-17)15-32(9-10-35-23)25-20-13-26(2,3)8-7-21(20)29-16-30-25/h5-6,11-12,14,16,31H,4,7-10,13,15H2,1-3H3. The third kappa shape index (κ3) is 5.13. The van der Waals surface area contributed by atoms with Crippen LogP contribution in [0.15, 0.2) is 36.8 Å². The van der Waals surface area contributed by atoms with Gasteiger partial charge < -0.3 is 9.64 Å².